The minimum absolute atomic E-state index is 0.223. The predicted octanol–water partition coefficient (Wildman–Crippen LogP) is 3.30. The van der Waals surface area contributed by atoms with Crippen LogP contribution in [0, 0.1) is 5.82 Å². The number of rotatable bonds is 3. The van der Waals surface area contributed by atoms with E-state index in [1.807, 2.05) is 24.3 Å². The van der Waals surface area contributed by atoms with Gasteiger partial charge in [0.15, 0.2) is 11.6 Å². The van der Waals surface area contributed by atoms with Crippen molar-refractivity contribution in [3.05, 3.63) is 48.3 Å². The summed E-state index contributed by atoms with van der Waals surface area (Å²) in [6.07, 6.45) is -0.876. The third kappa shape index (κ3) is 3.13. The number of carboxylic acid groups (broad SMARTS) is 1. The van der Waals surface area contributed by atoms with Crippen LogP contribution in [0.1, 0.15) is 0 Å². The van der Waals surface area contributed by atoms with Crippen molar-refractivity contribution in [2.24, 2.45) is 0 Å². The Labute approximate surface area is 139 Å². The Balaban J connectivity index is 1.76. The molecule has 24 heavy (non-hydrogen) atoms. The molecule has 0 radical (unpaired) electrons. The maximum atomic E-state index is 14.3. The molecular formula is C18H19FN2O3. The summed E-state index contributed by atoms with van der Waals surface area (Å²) in [6, 6.07) is 12.7. The van der Waals surface area contributed by atoms with E-state index in [2.05, 4.69) is 4.90 Å². The maximum absolute atomic E-state index is 14.3. The van der Waals surface area contributed by atoms with Gasteiger partial charge in [-0.25, -0.2) is 9.18 Å². The lowest BCUT2D eigenvalue weighted by atomic mass is 10.0. The SMILES string of the molecule is COc1cccc(-c2ccc(N3CCN(C(=O)O)CC3)cc2)c1F. The second kappa shape index (κ2) is 6.78. The monoisotopic (exact) mass is 330 g/mol. The van der Waals surface area contributed by atoms with Gasteiger partial charge in [0, 0.05) is 37.4 Å². The lowest BCUT2D eigenvalue weighted by Crippen LogP contribution is -2.48. The molecule has 0 spiro atoms. The summed E-state index contributed by atoms with van der Waals surface area (Å²) in [5, 5.41) is 8.99. The van der Waals surface area contributed by atoms with Gasteiger partial charge in [0.2, 0.25) is 0 Å². The number of piperazine rings is 1. The Morgan fingerprint density at radius 1 is 1.08 bits per heavy atom. The summed E-state index contributed by atoms with van der Waals surface area (Å²) in [5.41, 5.74) is 2.28. The lowest BCUT2D eigenvalue weighted by molar-refractivity contribution is 0.142. The van der Waals surface area contributed by atoms with E-state index < -0.39 is 6.09 Å². The normalized spacial score (nSPS) is 14.6. The zero-order valence-corrected chi connectivity index (χ0v) is 13.4. The highest BCUT2D eigenvalue weighted by atomic mass is 19.1. The number of hydrogen-bond acceptors (Lipinski definition) is 3. The Morgan fingerprint density at radius 3 is 2.33 bits per heavy atom. The van der Waals surface area contributed by atoms with Crippen molar-refractivity contribution in [1.82, 2.24) is 4.90 Å². The van der Waals surface area contributed by atoms with Crippen LogP contribution in [0.2, 0.25) is 0 Å². The van der Waals surface area contributed by atoms with Gasteiger partial charge in [-0.1, -0.05) is 24.3 Å². The molecule has 6 heteroatoms. The minimum Gasteiger partial charge on any atom is -0.494 e. The average molecular weight is 330 g/mol. The second-order valence-electron chi connectivity index (χ2n) is 5.63. The smallest absolute Gasteiger partial charge is 0.407 e. The van der Waals surface area contributed by atoms with Crippen LogP contribution in [0.15, 0.2) is 42.5 Å². The van der Waals surface area contributed by atoms with Crippen LogP contribution in [0.3, 0.4) is 0 Å². The largest absolute Gasteiger partial charge is 0.494 e. The van der Waals surface area contributed by atoms with Crippen LogP contribution in [0.4, 0.5) is 14.9 Å². The summed E-state index contributed by atoms with van der Waals surface area (Å²) in [7, 11) is 1.45. The molecule has 0 atom stereocenters. The van der Waals surface area contributed by atoms with Gasteiger partial charge in [-0.3, -0.25) is 0 Å². The van der Waals surface area contributed by atoms with Gasteiger partial charge < -0.3 is 19.6 Å². The van der Waals surface area contributed by atoms with Gasteiger partial charge in [0.05, 0.1) is 7.11 Å². The number of halogens is 1. The van der Waals surface area contributed by atoms with Crippen LogP contribution in [-0.2, 0) is 0 Å². The minimum atomic E-state index is -0.876. The number of ether oxygens (including phenoxy) is 1. The Hall–Kier alpha value is -2.76. The molecule has 1 aliphatic rings. The van der Waals surface area contributed by atoms with Crippen molar-refractivity contribution >= 4 is 11.8 Å². The zero-order chi connectivity index (χ0) is 17.1. The maximum Gasteiger partial charge on any atom is 0.407 e. The van der Waals surface area contributed by atoms with Crippen LogP contribution in [0.5, 0.6) is 5.75 Å². The first-order valence-electron chi connectivity index (χ1n) is 7.76. The molecule has 2 aromatic carbocycles. The van der Waals surface area contributed by atoms with E-state index in [4.69, 9.17) is 9.84 Å². The molecule has 0 bridgehead atoms. The third-order valence-corrected chi connectivity index (χ3v) is 4.28. The fourth-order valence-electron chi connectivity index (χ4n) is 2.90. The van der Waals surface area contributed by atoms with Gasteiger partial charge in [-0.2, -0.15) is 0 Å². The molecular weight excluding hydrogens is 311 g/mol. The molecule has 2 aromatic rings. The summed E-state index contributed by atoms with van der Waals surface area (Å²) in [4.78, 5) is 14.5. The average Bonchev–Trinajstić information content (AvgIpc) is 2.62. The van der Waals surface area contributed by atoms with Gasteiger partial charge in [0.25, 0.3) is 0 Å². The summed E-state index contributed by atoms with van der Waals surface area (Å²) in [5.74, 6) is -0.149. The first-order valence-corrected chi connectivity index (χ1v) is 7.76. The quantitative estimate of drug-likeness (QED) is 0.938. The molecule has 0 saturated carbocycles. The first kappa shape index (κ1) is 16.1. The molecule has 0 aliphatic carbocycles. The van der Waals surface area contributed by atoms with Crippen molar-refractivity contribution in [3.63, 3.8) is 0 Å². The fraction of sp³-hybridized carbons (Fsp3) is 0.278. The fourth-order valence-corrected chi connectivity index (χ4v) is 2.90. The molecule has 3 rings (SSSR count). The number of carbonyl (C=O) groups is 1. The highest BCUT2D eigenvalue weighted by Gasteiger charge is 2.20. The molecule has 1 amide bonds. The number of methoxy groups -OCH3 is 1. The van der Waals surface area contributed by atoms with Crippen LogP contribution in [0.25, 0.3) is 11.1 Å². The van der Waals surface area contributed by atoms with Crippen LogP contribution in [-0.4, -0.2) is 49.4 Å². The summed E-state index contributed by atoms with van der Waals surface area (Å²) in [6.45, 7) is 2.28. The molecule has 1 heterocycles. The molecule has 126 valence electrons. The van der Waals surface area contributed by atoms with E-state index in [0.29, 0.717) is 31.7 Å². The Morgan fingerprint density at radius 2 is 1.75 bits per heavy atom. The number of benzene rings is 2. The van der Waals surface area contributed by atoms with Crippen molar-refractivity contribution < 1.29 is 19.0 Å². The number of hydrogen-bond donors (Lipinski definition) is 1. The zero-order valence-electron chi connectivity index (χ0n) is 13.4. The van der Waals surface area contributed by atoms with E-state index in [1.165, 1.54) is 12.0 Å². The second-order valence-corrected chi connectivity index (χ2v) is 5.63. The Bertz CT molecular complexity index is 726. The van der Waals surface area contributed by atoms with Crippen LogP contribution >= 0.6 is 0 Å². The molecule has 1 fully saturated rings. The molecule has 1 aliphatic heterocycles. The Kier molecular flexibility index (Phi) is 4.55. The van der Waals surface area contributed by atoms with Crippen molar-refractivity contribution in [2.45, 2.75) is 0 Å². The number of anilines is 1. The van der Waals surface area contributed by atoms with E-state index in [1.54, 1.807) is 18.2 Å². The van der Waals surface area contributed by atoms with E-state index in [9.17, 15) is 9.18 Å². The molecule has 0 aromatic heterocycles. The first-order chi connectivity index (χ1) is 11.6. The third-order valence-electron chi connectivity index (χ3n) is 4.28. The van der Waals surface area contributed by atoms with Gasteiger partial charge in [0.1, 0.15) is 0 Å². The molecule has 0 unspecified atom stereocenters. The van der Waals surface area contributed by atoms with Gasteiger partial charge in [-0.05, 0) is 23.8 Å². The lowest BCUT2D eigenvalue weighted by Gasteiger charge is -2.34. The standard InChI is InChI=1S/C18H19FN2O3/c1-24-16-4-2-3-15(17(16)19)13-5-7-14(8-6-13)20-9-11-21(12-10-20)18(22)23/h2-8H,9-12H2,1H3,(H,22,23). The number of amides is 1. The van der Waals surface area contributed by atoms with Crippen molar-refractivity contribution in [1.29, 1.82) is 0 Å². The van der Waals surface area contributed by atoms with E-state index in [-0.39, 0.29) is 11.6 Å². The van der Waals surface area contributed by atoms with Crippen LogP contribution < -0.4 is 9.64 Å². The van der Waals surface area contributed by atoms with Gasteiger partial charge in [-0.15, -0.1) is 0 Å². The highest BCUT2D eigenvalue weighted by molar-refractivity contribution is 5.69. The molecule has 1 N–H and O–H groups in total. The number of nitrogens with zero attached hydrogens (tertiary/aromatic N) is 2. The summed E-state index contributed by atoms with van der Waals surface area (Å²) < 4.78 is 19.4. The van der Waals surface area contributed by atoms with Crippen molar-refractivity contribution in [3.8, 4) is 16.9 Å². The molecule has 5 nitrogen and oxygen atoms in total. The molecule has 1 saturated heterocycles. The van der Waals surface area contributed by atoms with Gasteiger partial charge >= 0.3 is 6.09 Å². The van der Waals surface area contributed by atoms with E-state index >= 15 is 0 Å². The topological polar surface area (TPSA) is 53.0 Å². The van der Waals surface area contributed by atoms with Crippen molar-refractivity contribution in [2.75, 3.05) is 38.2 Å². The van der Waals surface area contributed by atoms with E-state index in [0.717, 1.165) is 11.3 Å². The predicted molar refractivity (Wildman–Crippen MR) is 90.2 cm³/mol. The highest BCUT2D eigenvalue weighted by Crippen LogP contribution is 2.30. The summed E-state index contributed by atoms with van der Waals surface area (Å²) >= 11 is 0.